The summed E-state index contributed by atoms with van der Waals surface area (Å²) in [5, 5.41) is 0. The summed E-state index contributed by atoms with van der Waals surface area (Å²) in [5.41, 5.74) is 1.93. The Bertz CT molecular complexity index is 969. The van der Waals surface area contributed by atoms with Crippen molar-refractivity contribution in [1.29, 1.82) is 0 Å². The Morgan fingerprint density at radius 2 is 1.69 bits per heavy atom. The number of nitrogens with zero attached hydrogens (tertiary/aromatic N) is 3. The summed E-state index contributed by atoms with van der Waals surface area (Å²) in [7, 11) is 0. The predicted molar refractivity (Wildman–Crippen MR) is 138 cm³/mol. The Balaban J connectivity index is 1.79. The molecule has 2 aromatic rings. The van der Waals surface area contributed by atoms with Crippen molar-refractivity contribution in [3.8, 4) is 0 Å². The molecule has 5 nitrogen and oxygen atoms in total. The lowest BCUT2D eigenvalue weighted by Gasteiger charge is -2.37. The molecule has 0 radical (unpaired) electrons. The van der Waals surface area contributed by atoms with Crippen LogP contribution in [0.2, 0.25) is 0 Å². The minimum absolute atomic E-state index is 0.0161. The Morgan fingerprint density at radius 3 is 2.29 bits per heavy atom. The summed E-state index contributed by atoms with van der Waals surface area (Å²) >= 11 is 0. The topological polar surface area (TPSA) is 45.6 Å². The maximum Gasteiger partial charge on any atom is 0.242 e. The van der Waals surface area contributed by atoms with E-state index in [0.717, 1.165) is 36.9 Å². The Morgan fingerprint density at radius 1 is 1.03 bits per heavy atom. The highest BCUT2D eigenvalue weighted by Crippen LogP contribution is 2.26. The Hall–Kier alpha value is -2.63. The van der Waals surface area contributed by atoms with Gasteiger partial charge in [-0.1, -0.05) is 52.2 Å². The highest BCUT2D eigenvalue weighted by molar-refractivity contribution is 5.85. The maximum absolute atomic E-state index is 13.7. The van der Waals surface area contributed by atoms with Crippen LogP contribution in [0.15, 0.2) is 42.6 Å². The number of carbonyl (C=O) groups is 2. The van der Waals surface area contributed by atoms with E-state index in [2.05, 4.69) is 31.4 Å². The largest absolute Gasteiger partial charge is 0.345 e. The molecule has 1 heterocycles. The first-order chi connectivity index (χ1) is 16.5. The van der Waals surface area contributed by atoms with E-state index in [9.17, 15) is 14.0 Å². The SMILES string of the molecule is CC(C)N(CC(=O)N(Cc1cccn1Cc1ccc(F)cc1)C1CCCCC1)C(=O)CC(C)(C)C. The zero-order valence-corrected chi connectivity index (χ0v) is 22.1. The number of carbonyl (C=O) groups excluding carboxylic acids is 2. The summed E-state index contributed by atoms with van der Waals surface area (Å²) in [6, 6.07) is 10.8. The zero-order valence-electron chi connectivity index (χ0n) is 22.1. The zero-order chi connectivity index (χ0) is 25.6. The third-order valence-electron chi connectivity index (χ3n) is 6.79. The van der Waals surface area contributed by atoms with Gasteiger partial charge >= 0.3 is 0 Å². The van der Waals surface area contributed by atoms with Gasteiger partial charge < -0.3 is 14.4 Å². The van der Waals surface area contributed by atoms with Crippen LogP contribution in [-0.2, 0) is 22.7 Å². The normalized spacial score (nSPS) is 14.8. The van der Waals surface area contributed by atoms with Gasteiger partial charge in [-0.05, 0) is 61.9 Å². The van der Waals surface area contributed by atoms with Crippen LogP contribution in [0.4, 0.5) is 4.39 Å². The number of halogens is 1. The van der Waals surface area contributed by atoms with Crippen molar-refractivity contribution in [1.82, 2.24) is 14.4 Å². The van der Waals surface area contributed by atoms with Gasteiger partial charge in [-0.3, -0.25) is 9.59 Å². The van der Waals surface area contributed by atoms with E-state index in [1.807, 2.05) is 31.0 Å². The van der Waals surface area contributed by atoms with Crippen LogP contribution in [0.25, 0.3) is 0 Å². The number of hydrogen-bond acceptors (Lipinski definition) is 2. The first-order valence-electron chi connectivity index (χ1n) is 13.0. The van der Waals surface area contributed by atoms with Crippen LogP contribution in [-0.4, -0.2) is 44.8 Å². The molecule has 0 bridgehead atoms. The minimum atomic E-state index is -0.244. The van der Waals surface area contributed by atoms with Crippen LogP contribution in [0.5, 0.6) is 0 Å². The van der Waals surface area contributed by atoms with E-state index in [-0.39, 0.29) is 41.7 Å². The monoisotopic (exact) mass is 483 g/mol. The van der Waals surface area contributed by atoms with Crippen molar-refractivity contribution in [2.24, 2.45) is 5.41 Å². The number of aromatic nitrogens is 1. The lowest BCUT2D eigenvalue weighted by molar-refractivity contribution is -0.145. The van der Waals surface area contributed by atoms with Gasteiger partial charge in [0, 0.05) is 36.9 Å². The van der Waals surface area contributed by atoms with E-state index in [1.165, 1.54) is 18.6 Å². The van der Waals surface area contributed by atoms with Crippen LogP contribution in [0, 0.1) is 11.2 Å². The smallest absolute Gasteiger partial charge is 0.242 e. The average Bonchev–Trinajstić information content (AvgIpc) is 3.23. The Kier molecular flexibility index (Phi) is 9.15. The van der Waals surface area contributed by atoms with Gasteiger partial charge in [-0.2, -0.15) is 0 Å². The van der Waals surface area contributed by atoms with Crippen molar-refractivity contribution in [3.05, 3.63) is 59.7 Å². The molecular weight excluding hydrogens is 441 g/mol. The summed E-state index contributed by atoms with van der Waals surface area (Å²) in [6.45, 7) is 11.4. The number of amides is 2. The molecular formula is C29H42FN3O2. The van der Waals surface area contributed by atoms with Gasteiger partial charge in [0.05, 0.1) is 13.1 Å². The molecule has 1 saturated carbocycles. The Labute approximate surface area is 210 Å². The molecule has 2 amide bonds. The molecule has 0 spiro atoms. The maximum atomic E-state index is 13.7. The summed E-state index contributed by atoms with van der Waals surface area (Å²) in [6.07, 6.45) is 7.90. The minimum Gasteiger partial charge on any atom is -0.345 e. The molecule has 0 N–H and O–H groups in total. The molecule has 1 aromatic heterocycles. The molecule has 1 aromatic carbocycles. The van der Waals surface area contributed by atoms with Gasteiger partial charge in [-0.25, -0.2) is 4.39 Å². The lowest BCUT2D eigenvalue weighted by atomic mass is 9.91. The highest BCUT2D eigenvalue weighted by atomic mass is 19.1. The third kappa shape index (κ3) is 7.94. The molecule has 0 unspecified atom stereocenters. The van der Waals surface area contributed by atoms with Crippen molar-refractivity contribution in [2.45, 2.75) is 98.3 Å². The molecule has 0 aliphatic heterocycles. The van der Waals surface area contributed by atoms with Crippen molar-refractivity contribution in [2.75, 3.05) is 6.54 Å². The number of hydrogen-bond donors (Lipinski definition) is 0. The molecule has 1 aliphatic carbocycles. The molecule has 6 heteroatoms. The number of rotatable bonds is 9. The number of benzene rings is 1. The van der Waals surface area contributed by atoms with E-state index in [1.54, 1.807) is 17.0 Å². The van der Waals surface area contributed by atoms with Gasteiger partial charge in [0.25, 0.3) is 0 Å². The molecule has 1 aliphatic rings. The van der Waals surface area contributed by atoms with Gasteiger partial charge in [0.15, 0.2) is 0 Å². The molecule has 192 valence electrons. The second-order valence-corrected chi connectivity index (χ2v) is 11.4. The fourth-order valence-electron chi connectivity index (χ4n) is 4.87. The molecule has 3 rings (SSSR count). The molecule has 35 heavy (non-hydrogen) atoms. The van der Waals surface area contributed by atoms with Crippen molar-refractivity contribution >= 4 is 11.8 Å². The second kappa shape index (κ2) is 11.9. The summed E-state index contributed by atoms with van der Waals surface area (Å²) in [5.74, 6) is -0.196. The highest BCUT2D eigenvalue weighted by Gasteiger charge is 2.30. The summed E-state index contributed by atoms with van der Waals surface area (Å²) < 4.78 is 15.5. The van der Waals surface area contributed by atoms with Gasteiger partial charge in [-0.15, -0.1) is 0 Å². The fraction of sp³-hybridized carbons (Fsp3) is 0.586. The standard InChI is InChI=1S/C29H42FN3O2/c1-22(2)32(27(34)18-29(3,4)5)21-28(35)33(25-10-7-6-8-11-25)20-26-12-9-17-31(26)19-23-13-15-24(30)16-14-23/h9,12-17,22,25H,6-8,10-11,18-21H2,1-5H3. The second-order valence-electron chi connectivity index (χ2n) is 11.4. The quantitative estimate of drug-likeness (QED) is 0.438. The average molecular weight is 484 g/mol. The van der Waals surface area contributed by atoms with Crippen molar-refractivity contribution < 1.29 is 14.0 Å². The fourth-order valence-corrected chi connectivity index (χ4v) is 4.87. The third-order valence-corrected chi connectivity index (χ3v) is 6.79. The lowest BCUT2D eigenvalue weighted by Crippen LogP contribution is -2.49. The molecule has 1 fully saturated rings. The van der Waals surface area contributed by atoms with E-state index < -0.39 is 0 Å². The van der Waals surface area contributed by atoms with E-state index >= 15 is 0 Å². The van der Waals surface area contributed by atoms with E-state index in [4.69, 9.17) is 0 Å². The van der Waals surface area contributed by atoms with E-state index in [0.29, 0.717) is 19.5 Å². The van der Waals surface area contributed by atoms with Crippen LogP contribution in [0.1, 0.15) is 84.4 Å². The van der Waals surface area contributed by atoms with Gasteiger partial charge in [0.2, 0.25) is 11.8 Å². The predicted octanol–water partition coefficient (Wildman–Crippen LogP) is 6.01. The van der Waals surface area contributed by atoms with Crippen molar-refractivity contribution in [3.63, 3.8) is 0 Å². The summed E-state index contributed by atoms with van der Waals surface area (Å²) in [4.78, 5) is 30.5. The van der Waals surface area contributed by atoms with Crippen LogP contribution >= 0.6 is 0 Å². The van der Waals surface area contributed by atoms with Gasteiger partial charge in [0.1, 0.15) is 5.82 Å². The first kappa shape index (κ1) is 27.0. The first-order valence-corrected chi connectivity index (χ1v) is 13.0. The van der Waals surface area contributed by atoms with Crippen LogP contribution in [0.3, 0.4) is 0 Å². The molecule has 0 saturated heterocycles. The van der Waals surface area contributed by atoms with Crippen LogP contribution < -0.4 is 0 Å². The molecule has 0 atom stereocenters.